The molecular weight excluding hydrogens is 454 g/mol. The molecule has 8 heteroatoms. The van der Waals surface area contributed by atoms with Gasteiger partial charge in [-0.3, -0.25) is 9.48 Å². The van der Waals surface area contributed by atoms with Crippen molar-refractivity contribution >= 4 is 11.6 Å². The van der Waals surface area contributed by atoms with E-state index in [9.17, 15) is 4.79 Å². The van der Waals surface area contributed by atoms with Crippen molar-refractivity contribution in [1.82, 2.24) is 20.4 Å². The number of anilines is 1. The van der Waals surface area contributed by atoms with Crippen LogP contribution in [0.5, 0.6) is 11.5 Å². The molecule has 190 valence electrons. The van der Waals surface area contributed by atoms with Crippen LogP contribution < -0.4 is 25.0 Å². The second-order valence-corrected chi connectivity index (χ2v) is 9.94. The number of aryl methyl sites for hydroxylation is 2. The first-order valence-corrected chi connectivity index (χ1v) is 12.5. The number of carbonyl (C=O) groups excluding carboxylic acids is 1. The summed E-state index contributed by atoms with van der Waals surface area (Å²) in [5.41, 5.74) is 5.49. The number of hydrogen-bond acceptors (Lipinski definition) is 6. The molecule has 3 aromatic rings. The molecule has 0 spiro atoms. The molecule has 0 aliphatic carbocycles. The van der Waals surface area contributed by atoms with E-state index in [-0.39, 0.29) is 11.9 Å². The molecular formula is C28H35N5O3. The number of fused-ring (bicyclic) bond motifs is 2. The quantitative estimate of drug-likeness (QED) is 0.525. The summed E-state index contributed by atoms with van der Waals surface area (Å²) in [5, 5.41) is 11.2. The topological polar surface area (TPSA) is 80.7 Å². The van der Waals surface area contributed by atoms with E-state index < -0.39 is 0 Å². The molecule has 1 amide bonds. The van der Waals surface area contributed by atoms with Gasteiger partial charge in [0.1, 0.15) is 0 Å². The number of nitrogens with one attached hydrogen (secondary N) is 2. The summed E-state index contributed by atoms with van der Waals surface area (Å²) in [4.78, 5) is 15.9. The molecule has 2 N–H and O–H groups in total. The lowest BCUT2D eigenvalue weighted by Gasteiger charge is -2.35. The SMILES string of the molecule is COc1cc([C@@H](C)NC(=O)c2cc(N3C[C@H]4CC[C@@H](C3)N4)ccc2C)cc(-c2cnn(C)c2)c1OC. The fourth-order valence-corrected chi connectivity index (χ4v) is 5.43. The van der Waals surface area contributed by atoms with E-state index in [1.165, 1.54) is 12.8 Å². The fraction of sp³-hybridized carbons (Fsp3) is 0.429. The van der Waals surface area contributed by atoms with Crippen molar-refractivity contribution in [3.05, 3.63) is 59.4 Å². The van der Waals surface area contributed by atoms with Gasteiger partial charge in [-0.05, 0) is 62.1 Å². The van der Waals surface area contributed by atoms with Gasteiger partial charge in [-0.25, -0.2) is 0 Å². The van der Waals surface area contributed by atoms with Gasteiger partial charge in [0.25, 0.3) is 5.91 Å². The van der Waals surface area contributed by atoms with E-state index in [2.05, 4.69) is 32.8 Å². The molecule has 2 aromatic carbocycles. The standard InChI is InChI=1S/C28H35N5O3/c1-17-6-9-23(33-15-21-7-8-22(16-33)31-21)12-24(17)28(34)30-18(2)19-10-25(20-13-29-32(3)14-20)27(36-5)26(11-19)35-4/h6,9-14,18,21-22,31H,7-8,15-16H2,1-5H3,(H,30,34)/t18-,21-,22+/m1/s1. The Bertz CT molecular complexity index is 1260. The van der Waals surface area contributed by atoms with E-state index in [1.807, 2.05) is 45.3 Å². The zero-order valence-corrected chi connectivity index (χ0v) is 21.7. The van der Waals surface area contributed by atoms with Gasteiger partial charge in [-0.15, -0.1) is 0 Å². The van der Waals surface area contributed by atoms with Gasteiger partial charge in [-0.1, -0.05) is 6.07 Å². The van der Waals surface area contributed by atoms with Crippen molar-refractivity contribution in [1.29, 1.82) is 0 Å². The molecule has 0 radical (unpaired) electrons. The lowest BCUT2D eigenvalue weighted by Crippen LogP contribution is -2.51. The van der Waals surface area contributed by atoms with Gasteiger partial charge >= 0.3 is 0 Å². The average Bonchev–Trinajstić information content (AvgIpc) is 3.46. The molecule has 2 aliphatic heterocycles. The third kappa shape index (κ3) is 4.65. The lowest BCUT2D eigenvalue weighted by molar-refractivity contribution is 0.0939. The minimum Gasteiger partial charge on any atom is -0.493 e. The highest BCUT2D eigenvalue weighted by Gasteiger charge is 2.32. The molecule has 5 rings (SSSR count). The number of carbonyl (C=O) groups is 1. The van der Waals surface area contributed by atoms with Crippen LogP contribution in [-0.2, 0) is 7.05 Å². The van der Waals surface area contributed by atoms with Crippen LogP contribution in [-0.4, -0.2) is 55.1 Å². The lowest BCUT2D eigenvalue weighted by atomic mass is 9.99. The summed E-state index contributed by atoms with van der Waals surface area (Å²) in [6.45, 7) is 5.95. The van der Waals surface area contributed by atoms with Crippen molar-refractivity contribution in [3.63, 3.8) is 0 Å². The Kier molecular flexibility index (Phi) is 6.62. The smallest absolute Gasteiger partial charge is 0.252 e. The second kappa shape index (κ2) is 9.85. The molecule has 2 fully saturated rings. The summed E-state index contributed by atoms with van der Waals surface area (Å²) in [6, 6.07) is 11.0. The zero-order valence-electron chi connectivity index (χ0n) is 21.7. The largest absolute Gasteiger partial charge is 0.493 e. The van der Waals surface area contributed by atoms with Crippen LogP contribution >= 0.6 is 0 Å². The number of ether oxygens (including phenoxy) is 2. The van der Waals surface area contributed by atoms with Gasteiger partial charge in [-0.2, -0.15) is 5.10 Å². The number of rotatable bonds is 7. The third-order valence-corrected chi connectivity index (χ3v) is 7.41. The molecule has 0 unspecified atom stereocenters. The number of methoxy groups -OCH3 is 2. The number of benzene rings is 2. The van der Waals surface area contributed by atoms with E-state index in [4.69, 9.17) is 9.47 Å². The van der Waals surface area contributed by atoms with Crippen LogP contribution in [0.1, 0.15) is 47.3 Å². The van der Waals surface area contributed by atoms with Crippen LogP contribution in [0.2, 0.25) is 0 Å². The van der Waals surface area contributed by atoms with Crippen LogP contribution in [0.3, 0.4) is 0 Å². The van der Waals surface area contributed by atoms with E-state index in [0.29, 0.717) is 29.1 Å². The minimum absolute atomic E-state index is 0.0855. The maximum atomic E-state index is 13.4. The van der Waals surface area contributed by atoms with E-state index in [1.54, 1.807) is 25.1 Å². The minimum atomic E-state index is -0.245. The van der Waals surface area contributed by atoms with Crippen LogP contribution in [0.4, 0.5) is 5.69 Å². The second-order valence-electron chi connectivity index (χ2n) is 9.94. The molecule has 0 saturated carbocycles. The highest BCUT2D eigenvalue weighted by molar-refractivity contribution is 5.97. The van der Waals surface area contributed by atoms with Crippen molar-refractivity contribution < 1.29 is 14.3 Å². The molecule has 2 bridgehead atoms. The summed E-state index contributed by atoms with van der Waals surface area (Å²) in [7, 11) is 5.12. The van der Waals surface area contributed by atoms with E-state index in [0.717, 1.165) is 41.0 Å². The Morgan fingerprint density at radius 3 is 2.53 bits per heavy atom. The summed E-state index contributed by atoms with van der Waals surface area (Å²) in [6.07, 6.45) is 6.18. The number of nitrogens with zero attached hydrogens (tertiary/aromatic N) is 3. The van der Waals surface area contributed by atoms with Crippen LogP contribution in [0.25, 0.3) is 11.1 Å². The highest BCUT2D eigenvalue weighted by atomic mass is 16.5. The predicted octanol–water partition coefficient (Wildman–Crippen LogP) is 3.84. The third-order valence-electron chi connectivity index (χ3n) is 7.41. The molecule has 8 nitrogen and oxygen atoms in total. The number of piperazine rings is 1. The molecule has 36 heavy (non-hydrogen) atoms. The van der Waals surface area contributed by atoms with Crippen molar-refractivity contribution in [2.75, 3.05) is 32.2 Å². The van der Waals surface area contributed by atoms with Crippen molar-refractivity contribution in [3.8, 4) is 22.6 Å². The maximum Gasteiger partial charge on any atom is 0.252 e. The molecule has 1 aromatic heterocycles. The van der Waals surface area contributed by atoms with E-state index >= 15 is 0 Å². The number of hydrogen-bond donors (Lipinski definition) is 2. The summed E-state index contributed by atoms with van der Waals surface area (Å²) >= 11 is 0. The van der Waals surface area contributed by atoms with Crippen molar-refractivity contribution in [2.45, 2.75) is 44.8 Å². The molecule has 2 aliphatic rings. The maximum absolute atomic E-state index is 13.4. The molecule has 3 atom stereocenters. The number of aromatic nitrogens is 2. The Hall–Kier alpha value is -3.52. The molecule has 2 saturated heterocycles. The van der Waals surface area contributed by atoms with Gasteiger partial charge in [0, 0.05) is 60.8 Å². The van der Waals surface area contributed by atoms with Crippen LogP contribution in [0, 0.1) is 6.92 Å². The Balaban J connectivity index is 1.40. The normalized spacial score (nSPS) is 19.8. The Labute approximate surface area is 212 Å². The highest BCUT2D eigenvalue weighted by Crippen LogP contribution is 2.40. The van der Waals surface area contributed by atoms with Gasteiger partial charge in [0.05, 0.1) is 26.5 Å². The summed E-state index contributed by atoms with van der Waals surface area (Å²) in [5.74, 6) is 1.17. The first-order valence-electron chi connectivity index (χ1n) is 12.5. The Morgan fingerprint density at radius 2 is 1.89 bits per heavy atom. The predicted molar refractivity (Wildman–Crippen MR) is 141 cm³/mol. The first-order chi connectivity index (χ1) is 17.4. The molecule has 3 heterocycles. The fourth-order valence-electron chi connectivity index (χ4n) is 5.43. The van der Waals surface area contributed by atoms with Gasteiger partial charge in [0.15, 0.2) is 11.5 Å². The monoisotopic (exact) mass is 489 g/mol. The van der Waals surface area contributed by atoms with Crippen LogP contribution in [0.15, 0.2) is 42.7 Å². The average molecular weight is 490 g/mol. The summed E-state index contributed by atoms with van der Waals surface area (Å²) < 4.78 is 13.0. The Morgan fingerprint density at radius 1 is 1.14 bits per heavy atom. The van der Waals surface area contributed by atoms with Gasteiger partial charge in [0.2, 0.25) is 0 Å². The number of amides is 1. The zero-order chi connectivity index (χ0) is 25.4. The van der Waals surface area contributed by atoms with Gasteiger partial charge < -0.3 is 25.0 Å². The first kappa shape index (κ1) is 24.2. The van der Waals surface area contributed by atoms with Crippen molar-refractivity contribution in [2.24, 2.45) is 7.05 Å².